The van der Waals surface area contributed by atoms with Gasteiger partial charge in [-0.1, -0.05) is 12.1 Å². The number of amides is 1. The molecule has 150 valence electrons. The van der Waals surface area contributed by atoms with Crippen molar-refractivity contribution in [3.8, 4) is 17.0 Å². The van der Waals surface area contributed by atoms with Crippen LogP contribution < -0.4 is 4.74 Å². The van der Waals surface area contributed by atoms with Crippen molar-refractivity contribution >= 4 is 17.2 Å². The molecule has 4 rings (SSSR count). The number of methoxy groups -OCH3 is 1. The van der Waals surface area contributed by atoms with Crippen LogP contribution in [0.1, 0.15) is 37.8 Å². The van der Waals surface area contributed by atoms with Gasteiger partial charge >= 0.3 is 0 Å². The molecule has 1 aromatic heterocycles. The number of para-hydroxylation sites is 1. The Balaban J connectivity index is 1.55. The molecule has 1 saturated carbocycles. The van der Waals surface area contributed by atoms with Gasteiger partial charge in [-0.05, 0) is 38.8 Å². The number of morpholine rings is 1. The van der Waals surface area contributed by atoms with Gasteiger partial charge in [0.15, 0.2) is 0 Å². The highest BCUT2D eigenvalue weighted by Gasteiger charge is 2.57. The first-order valence-corrected chi connectivity index (χ1v) is 10.5. The largest absolute Gasteiger partial charge is 0.496 e. The third-order valence-corrected chi connectivity index (χ3v) is 6.64. The molecule has 0 N–H and O–H groups in total. The van der Waals surface area contributed by atoms with Gasteiger partial charge in [-0.25, -0.2) is 9.37 Å². The zero-order valence-corrected chi connectivity index (χ0v) is 17.2. The van der Waals surface area contributed by atoms with Crippen LogP contribution in [0.2, 0.25) is 0 Å². The van der Waals surface area contributed by atoms with E-state index in [0.717, 1.165) is 22.0 Å². The first-order valence-electron chi connectivity index (χ1n) is 9.62. The lowest BCUT2D eigenvalue weighted by Crippen LogP contribution is -2.50. The second kappa shape index (κ2) is 7.44. The minimum atomic E-state index is -1.12. The summed E-state index contributed by atoms with van der Waals surface area (Å²) in [5.74, 6) is 0.686. The fourth-order valence-corrected chi connectivity index (χ4v) is 4.75. The molecule has 3 atom stereocenters. The van der Waals surface area contributed by atoms with Gasteiger partial charge in [-0.2, -0.15) is 0 Å². The van der Waals surface area contributed by atoms with Crippen molar-refractivity contribution in [1.82, 2.24) is 9.88 Å². The molecule has 7 heteroatoms. The molecule has 1 amide bonds. The fourth-order valence-electron chi connectivity index (χ4n) is 3.90. The lowest BCUT2D eigenvalue weighted by molar-refractivity contribution is -0.152. The molecule has 5 nitrogen and oxygen atoms in total. The maximum atomic E-state index is 14.0. The fraction of sp³-hybridized carbons (Fsp3) is 0.524. The van der Waals surface area contributed by atoms with Gasteiger partial charge in [0.1, 0.15) is 23.0 Å². The lowest BCUT2D eigenvalue weighted by atomic mass is 9.99. The third kappa shape index (κ3) is 3.42. The molecule has 2 heterocycles. The van der Waals surface area contributed by atoms with Gasteiger partial charge in [0, 0.05) is 17.5 Å². The third-order valence-electron chi connectivity index (χ3n) is 5.70. The molecule has 0 spiro atoms. The highest BCUT2D eigenvalue weighted by molar-refractivity contribution is 7.10. The predicted octanol–water partition coefficient (Wildman–Crippen LogP) is 4.25. The van der Waals surface area contributed by atoms with E-state index in [9.17, 15) is 9.18 Å². The van der Waals surface area contributed by atoms with Crippen LogP contribution in [0.4, 0.5) is 4.39 Å². The van der Waals surface area contributed by atoms with Gasteiger partial charge in [0.05, 0.1) is 30.9 Å². The van der Waals surface area contributed by atoms with Crippen molar-refractivity contribution in [1.29, 1.82) is 0 Å². The Morgan fingerprint density at radius 1 is 1.39 bits per heavy atom. The van der Waals surface area contributed by atoms with E-state index < -0.39 is 11.6 Å². The van der Waals surface area contributed by atoms with Crippen molar-refractivity contribution in [2.75, 3.05) is 20.2 Å². The number of benzene rings is 1. The number of hydrogen-bond donors (Lipinski definition) is 0. The Hall–Kier alpha value is -1.99. The monoisotopic (exact) mass is 404 g/mol. The Bertz CT molecular complexity index is 865. The molecule has 2 fully saturated rings. The van der Waals surface area contributed by atoms with Crippen LogP contribution in [0.25, 0.3) is 11.3 Å². The minimum Gasteiger partial charge on any atom is -0.496 e. The number of hydrogen-bond acceptors (Lipinski definition) is 5. The molecule has 1 saturated heterocycles. The molecular formula is C21H25FN2O3S. The average Bonchev–Trinajstić information content (AvgIpc) is 3.37. The first-order chi connectivity index (χ1) is 13.4. The summed E-state index contributed by atoms with van der Waals surface area (Å²) in [4.78, 5) is 19.5. The topological polar surface area (TPSA) is 51.7 Å². The van der Waals surface area contributed by atoms with Crippen LogP contribution >= 0.6 is 11.3 Å². The number of ether oxygens (including phenoxy) is 2. The van der Waals surface area contributed by atoms with Gasteiger partial charge < -0.3 is 14.4 Å². The number of halogens is 1. The summed E-state index contributed by atoms with van der Waals surface area (Å²) in [6, 6.07) is 7.74. The highest BCUT2D eigenvalue weighted by atomic mass is 32.1. The molecule has 0 bridgehead atoms. The lowest BCUT2D eigenvalue weighted by Gasteiger charge is -2.38. The number of aromatic nitrogens is 1. The number of carbonyl (C=O) groups excluding carboxylic acids is 1. The van der Waals surface area contributed by atoms with Gasteiger partial charge in [0.25, 0.3) is 0 Å². The van der Waals surface area contributed by atoms with Gasteiger partial charge in [0.2, 0.25) is 5.91 Å². The van der Waals surface area contributed by atoms with Crippen LogP contribution in [0.15, 0.2) is 29.6 Å². The summed E-state index contributed by atoms with van der Waals surface area (Å²) in [5, 5.41) is 2.80. The molecule has 28 heavy (non-hydrogen) atoms. The molecule has 1 aromatic carbocycles. The van der Waals surface area contributed by atoms with Gasteiger partial charge in [-0.3, -0.25) is 4.79 Å². The maximum absolute atomic E-state index is 14.0. The summed E-state index contributed by atoms with van der Waals surface area (Å²) in [7, 11) is 1.64. The number of thiazole rings is 1. The Morgan fingerprint density at radius 2 is 2.14 bits per heavy atom. The van der Waals surface area contributed by atoms with E-state index in [1.54, 1.807) is 12.0 Å². The highest BCUT2D eigenvalue weighted by Crippen LogP contribution is 2.52. The van der Waals surface area contributed by atoms with Crippen LogP contribution in [-0.4, -0.2) is 48.3 Å². The SMILES string of the molecule is COc1ccccc1-c1csc(C2CN(C(=O)C3(C(C)F)CC3)CC(C)O2)n1. The summed E-state index contributed by atoms with van der Waals surface area (Å²) in [6.45, 7) is 4.34. The number of carbonyl (C=O) groups is 1. The molecule has 2 aromatic rings. The minimum absolute atomic E-state index is 0.0795. The second-order valence-corrected chi connectivity index (χ2v) is 8.58. The Labute approximate surface area is 168 Å². The van der Waals surface area contributed by atoms with Crippen molar-refractivity contribution in [3.63, 3.8) is 0 Å². The molecule has 2 aliphatic rings. The summed E-state index contributed by atoms with van der Waals surface area (Å²) in [5.41, 5.74) is 0.938. The van der Waals surface area contributed by atoms with E-state index in [2.05, 4.69) is 0 Å². The average molecular weight is 405 g/mol. The number of rotatable bonds is 5. The van der Waals surface area contributed by atoms with Crippen molar-refractivity contribution in [2.45, 2.75) is 45.1 Å². The quantitative estimate of drug-likeness (QED) is 0.748. The van der Waals surface area contributed by atoms with Crippen molar-refractivity contribution in [3.05, 3.63) is 34.7 Å². The van der Waals surface area contributed by atoms with Crippen molar-refractivity contribution in [2.24, 2.45) is 5.41 Å². The van der Waals surface area contributed by atoms with E-state index in [-0.39, 0.29) is 18.1 Å². The van der Waals surface area contributed by atoms with E-state index in [0.29, 0.717) is 25.9 Å². The van der Waals surface area contributed by atoms with Gasteiger partial charge in [-0.15, -0.1) is 11.3 Å². The number of alkyl halides is 1. The van der Waals surface area contributed by atoms with E-state index in [4.69, 9.17) is 14.5 Å². The van der Waals surface area contributed by atoms with E-state index >= 15 is 0 Å². The normalized spacial score (nSPS) is 24.6. The van der Waals surface area contributed by atoms with Crippen LogP contribution in [0.5, 0.6) is 5.75 Å². The zero-order chi connectivity index (χ0) is 19.9. The summed E-state index contributed by atoms with van der Waals surface area (Å²) in [6.07, 6.45) is -0.267. The van der Waals surface area contributed by atoms with Crippen LogP contribution in [0.3, 0.4) is 0 Å². The van der Waals surface area contributed by atoms with E-state index in [1.165, 1.54) is 18.3 Å². The number of nitrogens with zero attached hydrogens (tertiary/aromatic N) is 2. The molecular weight excluding hydrogens is 379 g/mol. The standard InChI is InChI=1S/C21H25FN2O3S/c1-13-10-24(20(25)21(8-9-21)14(2)22)11-18(27-13)19-23-16(12-28-19)15-6-4-5-7-17(15)26-3/h4-7,12-14,18H,8-11H2,1-3H3. The zero-order valence-electron chi connectivity index (χ0n) is 16.4. The van der Waals surface area contributed by atoms with Crippen LogP contribution in [0, 0.1) is 5.41 Å². The molecule has 0 radical (unpaired) electrons. The second-order valence-electron chi connectivity index (χ2n) is 7.69. The van der Waals surface area contributed by atoms with E-state index in [1.807, 2.05) is 36.6 Å². The summed E-state index contributed by atoms with van der Waals surface area (Å²) >= 11 is 1.51. The molecule has 1 aliphatic heterocycles. The predicted molar refractivity (Wildman–Crippen MR) is 106 cm³/mol. The molecule has 1 aliphatic carbocycles. The van der Waals surface area contributed by atoms with Crippen molar-refractivity contribution < 1.29 is 18.7 Å². The van der Waals surface area contributed by atoms with Crippen LogP contribution in [-0.2, 0) is 9.53 Å². The smallest absolute Gasteiger partial charge is 0.231 e. The molecule has 3 unspecified atom stereocenters. The Kier molecular flexibility index (Phi) is 5.14. The summed E-state index contributed by atoms with van der Waals surface area (Å²) < 4.78 is 25.5. The first kappa shape index (κ1) is 19.3. The Morgan fingerprint density at radius 3 is 2.82 bits per heavy atom. The maximum Gasteiger partial charge on any atom is 0.231 e.